The van der Waals surface area contributed by atoms with Crippen LogP contribution in [0, 0.1) is 5.82 Å². The lowest BCUT2D eigenvalue weighted by Crippen LogP contribution is -2.47. The molecule has 1 atom stereocenters. The number of rotatable bonds is 4. The predicted octanol–water partition coefficient (Wildman–Crippen LogP) is 2.60. The first kappa shape index (κ1) is 17.3. The number of carbonyl (C=O) groups excluding carboxylic acids is 2. The van der Waals surface area contributed by atoms with Crippen LogP contribution in [-0.2, 0) is 4.79 Å². The second kappa shape index (κ2) is 7.60. The molecule has 132 valence electrons. The Morgan fingerprint density at radius 1 is 1.04 bits per heavy atom. The number of aromatic nitrogens is 1. The molecule has 0 aliphatic heterocycles. The fourth-order valence-electron chi connectivity index (χ4n) is 2.35. The van der Waals surface area contributed by atoms with Gasteiger partial charge in [0.1, 0.15) is 11.6 Å². The first-order valence-corrected chi connectivity index (χ1v) is 7.91. The lowest BCUT2D eigenvalue weighted by Gasteiger charge is -2.15. The summed E-state index contributed by atoms with van der Waals surface area (Å²) in [7, 11) is 0. The Morgan fingerprint density at radius 3 is 2.54 bits per heavy atom. The van der Waals surface area contributed by atoms with Crippen LogP contribution in [0.1, 0.15) is 17.3 Å². The summed E-state index contributed by atoms with van der Waals surface area (Å²) in [5.74, 6) is -1.06. The van der Waals surface area contributed by atoms with Crippen LogP contribution in [0.5, 0.6) is 5.75 Å². The van der Waals surface area contributed by atoms with Crippen LogP contribution in [0.15, 0.2) is 60.8 Å². The third-order valence-corrected chi connectivity index (χ3v) is 3.69. The van der Waals surface area contributed by atoms with E-state index in [1.54, 1.807) is 24.3 Å². The minimum atomic E-state index is -0.880. The van der Waals surface area contributed by atoms with Crippen LogP contribution < -0.4 is 15.6 Å². The van der Waals surface area contributed by atoms with Gasteiger partial charge in [-0.3, -0.25) is 25.4 Å². The van der Waals surface area contributed by atoms with Gasteiger partial charge in [-0.1, -0.05) is 18.2 Å². The van der Waals surface area contributed by atoms with Gasteiger partial charge in [0, 0.05) is 11.6 Å². The Balaban J connectivity index is 1.61. The van der Waals surface area contributed by atoms with Crippen molar-refractivity contribution in [3.8, 4) is 5.75 Å². The Hall–Kier alpha value is -3.48. The number of nitrogens with one attached hydrogen (secondary N) is 2. The third kappa shape index (κ3) is 3.94. The Labute approximate surface area is 149 Å². The van der Waals surface area contributed by atoms with E-state index in [1.807, 2.05) is 6.07 Å². The van der Waals surface area contributed by atoms with Crippen molar-refractivity contribution in [2.45, 2.75) is 13.0 Å². The molecule has 0 aliphatic carbocycles. The van der Waals surface area contributed by atoms with Crippen LogP contribution in [0.25, 0.3) is 10.9 Å². The minimum absolute atomic E-state index is 0.348. The number of fused-ring (bicyclic) bond motifs is 1. The summed E-state index contributed by atoms with van der Waals surface area (Å²) < 4.78 is 18.3. The zero-order valence-electron chi connectivity index (χ0n) is 13.9. The number of hydrazine groups is 1. The highest BCUT2D eigenvalue weighted by Gasteiger charge is 2.17. The largest absolute Gasteiger partial charge is 0.481 e. The molecule has 7 heteroatoms. The van der Waals surface area contributed by atoms with Crippen LogP contribution >= 0.6 is 0 Å². The van der Waals surface area contributed by atoms with E-state index in [2.05, 4.69) is 15.8 Å². The monoisotopic (exact) mass is 353 g/mol. The predicted molar refractivity (Wildman–Crippen MR) is 93.8 cm³/mol. The van der Waals surface area contributed by atoms with Crippen molar-refractivity contribution < 1.29 is 18.7 Å². The van der Waals surface area contributed by atoms with Crippen molar-refractivity contribution >= 4 is 22.7 Å². The maximum atomic E-state index is 12.9. The van der Waals surface area contributed by atoms with Crippen molar-refractivity contribution in [3.63, 3.8) is 0 Å². The second-order valence-corrected chi connectivity index (χ2v) is 5.53. The van der Waals surface area contributed by atoms with Crippen LogP contribution in [0.3, 0.4) is 0 Å². The SMILES string of the molecule is CC(Oc1ccc(F)cc1)C(=O)NNC(=O)c1ccnc2ccccc12. The second-order valence-electron chi connectivity index (χ2n) is 5.53. The first-order chi connectivity index (χ1) is 12.5. The van der Waals surface area contributed by atoms with Gasteiger partial charge in [0.05, 0.1) is 11.1 Å². The van der Waals surface area contributed by atoms with E-state index in [1.165, 1.54) is 37.4 Å². The molecular formula is C19H16FN3O3. The summed E-state index contributed by atoms with van der Waals surface area (Å²) in [4.78, 5) is 28.6. The molecule has 0 fully saturated rings. The van der Waals surface area contributed by atoms with Crippen molar-refractivity contribution in [3.05, 3.63) is 72.2 Å². The number of para-hydroxylation sites is 1. The number of carbonyl (C=O) groups is 2. The topological polar surface area (TPSA) is 80.3 Å². The van der Waals surface area contributed by atoms with E-state index in [-0.39, 0.29) is 0 Å². The van der Waals surface area contributed by atoms with Gasteiger partial charge in [0.25, 0.3) is 11.8 Å². The number of nitrogens with zero attached hydrogens (tertiary/aromatic N) is 1. The van der Waals surface area contributed by atoms with Gasteiger partial charge in [-0.05, 0) is 43.3 Å². The van der Waals surface area contributed by atoms with Crippen molar-refractivity contribution in [1.82, 2.24) is 15.8 Å². The molecule has 3 rings (SSSR count). The molecule has 0 radical (unpaired) electrons. The van der Waals surface area contributed by atoms with Gasteiger partial charge in [-0.2, -0.15) is 0 Å². The molecule has 0 saturated carbocycles. The maximum absolute atomic E-state index is 12.9. The standard InChI is InChI=1S/C19H16FN3O3/c1-12(26-14-8-6-13(20)7-9-14)18(24)22-23-19(25)16-10-11-21-17-5-3-2-4-15(16)17/h2-12H,1H3,(H,22,24)(H,23,25). The highest BCUT2D eigenvalue weighted by molar-refractivity contribution is 6.06. The summed E-state index contributed by atoms with van der Waals surface area (Å²) >= 11 is 0. The lowest BCUT2D eigenvalue weighted by atomic mass is 10.1. The molecule has 1 unspecified atom stereocenters. The molecule has 0 aliphatic rings. The van der Waals surface area contributed by atoms with Gasteiger partial charge >= 0.3 is 0 Å². The maximum Gasteiger partial charge on any atom is 0.279 e. The van der Waals surface area contributed by atoms with Crippen molar-refractivity contribution in [1.29, 1.82) is 0 Å². The average molecular weight is 353 g/mol. The van der Waals surface area contributed by atoms with Crippen LogP contribution in [0.4, 0.5) is 4.39 Å². The molecule has 1 aromatic heterocycles. The Bertz CT molecular complexity index is 939. The van der Waals surface area contributed by atoms with Gasteiger partial charge in [0.15, 0.2) is 6.10 Å². The molecule has 2 N–H and O–H groups in total. The highest BCUT2D eigenvalue weighted by Crippen LogP contribution is 2.16. The van der Waals surface area contributed by atoms with E-state index < -0.39 is 23.7 Å². The Kier molecular flexibility index (Phi) is 5.07. The zero-order chi connectivity index (χ0) is 18.5. The zero-order valence-corrected chi connectivity index (χ0v) is 13.9. The van der Waals surface area contributed by atoms with E-state index in [0.717, 1.165) is 0 Å². The molecule has 2 aromatic carbocycles. The molecule has 1 heterocycles. The Morgan fingerprint density at radius 2 is 1.77 bits per heavy atom. The fraction of sp³-hybridized carbons (Fsp3) is 0.105. The minimum Gasteiger partial charge on any atom is -0.481 e. The number of pyridine rings is 1. The van der Waals surface area contributed by atoms with E-state index in [0.29, 0.717) is 22.2 Å². The third-order valence-electron chi connectivity index (χ3n) is 3.69. The molecule has 0 saturated heterocycles. The number of amides is 2. The molecule has 26 heavy (non-hydrogen) atoms. The number of benzene rings is 2. The van der Waals surface area contributed by atoms with Crippen LogP contribution in [0.2, 0.25) is 0 Å². The summed E-state index contributed by atoms with van der Waals surface area (Å²) in [6, 6.07) is 14.1. The van der Waals surface area contributed by atoms with Gasteiger partial charge in [0.2, 0.25) is 0 Å². The molecule has 0 spiro atoms. The van der Waals surface area contributed by atoms with E-state index in [4.69, 9.17) is 4.74 Å². The molecule has 3 aromatic rings. The number of halogens is 1. The smallest absolute Gasteiger partial charge is 0.279 e. The summed E-state index contributed by atoms with van der Waals surface area (Å²) in [5, 5.41) is 0.678. The van der Waals surface area contributed by atoms with Gasteiger partial charge in [-0.15, -0.1) is 0 Å². The molecule has 6 nitrogen and oxygen atoms in total. The number of hydrogen-bond acceptors (Lipinski definition) is 4. The highest BCUT2D eigenvalue weighted by atomic mass is 19.1. The molecule has 2 amide bonds. The van der Waals surface area contributed by atoms with Gasteiger partial charge < -0.3 is 4.74 Å². The lowest BCUT2D eigenvalue weighted by molar-refractivity contribution is -0.128. The summed E-state index contributed by atoms with van der Waals surface area (Å²) in [6.07, 6.45) is 0.647. The summed E-state index contributed by atoms with van der Waals surface area (Å²) in [6.45, 7) is 1.52. The first-order valence-electron chi connectivity index (χ1n) is 7.91. The quantitative estimate of drug-likeness (QED) is 0.707. The van der Waals surface area contributed by atoms with Crippen molar-refractivity contribution in [2.24, 2.45) is 0 Å². The van der Waals surface area contributed by atoms with Gasteiger partial charge in [-0.25, -0.2) is 4.39 Å². The molecule has 0 bridgehead atoms. The van der Waals surface area contributed by atoms with Crippen molar-refractivity contribution in [2.75, 3.05) is 0 Å². The van der Waals surface area contributed by atoms with E-state index >= 15 is 0 Å². The summed E-state index contributed by atoms with van der Waals surface area (Å²) in [5.41, 5.74) is 5.75. The normalized spacial score (nSPS) is 11.6. The number of hydrogen-bond donors (Lipinski definition) is 2. The number of ether oxygens (including phenoxy) is 1. The fourth-order valence-corrected chi connectivity index (χ4v) is 2.35. The van der Waals surface area contributed by atoms with E-state index in [9.17, 15) is 14.0 Å². The molecular weight excluding hydrogens is 337 g/mol. The average Bonchev–Trinajstić information content (AvgIpc) is 2.67. The van der Waals surface area contributed by atoms with Crippen LogP contribution in [-0.4, -0.2) is 22.9 Å².